The highest BCUT2D eigenvalue weighted by atomic mass is 79.9. The van der Waals surface area contributed by atoms with Gasteiger partial charge in [-0.15, -0.1) is 0 Å². The topological polar surface area (TPSA) is 108 Å². The maximum Gasteiger partial charge on any atom is 0.251 e. The zero-order valence-electron chi connectivity index (χ0n) is 20.7. The van der Waals surface area contributed by atoms with E-state index in [0.29, 0.717) is 19.5 Å². The first-order valence-electron chi connectivity index (χ1n) is 12.1. The number of phenols is 2. The van der Waals surface area contributed by atoms with E-state index < -0.39 is 23.2 Å². The number of nitrogens with zero attached hydrogens (tertiary/aromatic N) is 1. The highest BCUT2D eigenvalue weighted by Gasteiger charge is 2.35. The minimum absolute atomic E-state index is 0. The molecule has 0 unspecified atom stereocenters. The first kappa shape index (κ1) is 27.7. The Bertz CT molecular complexity index is 1570. The molecule has 0 radical (unpaired) electrons. The number of fused-ring (bicyclic) bond motifs is 2. The van der Waals surface area contributed by atoms with Crippen LogP contribution in [-0.4, -0.2) is 34.2 Å². The Morgan fingerprint density at radius 2 is 1.51 bits per heavy atom. The van der Waals surface area contributed by atoms with Gasteiger partial charge in [-0.2, -0.15) is 0 Å². The number of aromatic nitrogens is 1. The predicted octanol–water partition coefficient (Wildman–Crippen LogP) is 0.715. The average molecular weight is 591 g/mol. The summed E-state index contributed by atoms with van der Waals surface area (Å²) >= 11 is 0. The van der Waals surface area contributed by atoms with Gasteiger partial charge in [0.15, 0.2) is 24.7 Å². The molecule has 0 aliphatic heterocycles. The fourth-order valence-corrected chi connectivity index (χ4v) is 4.57. The zero-order chi connectivity index (χ0) is 26.8. The summed E-state index contributed by atoms with van der Waals surface area (Å²) in [6, 6.07) is 17.0. The fourth-order valence-electron chi connectivity index (χ4n) is 4.57. The van der Waals surface area contributed by atoms with Gasteiger partial charge in [0.05, 0.1) is 11.1 Å². The number of hydrogen-bond donors (Lipinski definition) is 3. The molecular formula is C30H24BrFN2O5. The number of pyridine rings is 1. The molecule has 4 aromatic rings. The molecule has 5 rings (SSSR count). The number of aryl methyl sites for hydroxylation is 1. The fraction of sp³-hybridized carbons (Fsp3) is 0.133. The highest BCUT2D eigenvalue weighted by molar-refractivity contribution is 6.30. The van der Waals surface area contributed by atoms with Crippen LogP contribution in [0.4, 0.5) is 4.39 Å². The second-order valence-electron chi connectivity index (χ2n) is 9.14. The molecule has 9 heteroatoms. The lowest BCUT2D eigenvalue weighted by Crippen LogP contribution is -3.00. The van der Waals surface area contributed by atoms with Crippen molar-refractivity contribution in [3.05, 3.63) is 124 Å². The van der Waals surface area contributed by atoms with Crippen LogP contribution in [-0.2, 0) is 13.0 Å². The quantitative estimate of drug-likeness (QED) is 0.191. The molecule has 1 aromatic heterocycles. The summed E-state index contributed by atoms with van der Waals surface area (Å²) in [5.74, 6) is -2.78. The lowest BCUT2D eigenvalue weighted by Gasteiger charge is -2.20. The van der Waals surface area contributed by atoms with Gasteiger partial charge in [-0.3, -0.25) is 14.4 Å². The standard InChI is InChI=1S/C30H23FN2O5.BrH/c31-21-8-6-19(7-9-21)17-33-13-10-18(11-14-33)3-2-12-32-30(38)20-15-23-27(25(35)16-20)29(37)26-22(28(23)36)4-1-5-24(26)34;/h1,4-11,13-16H,2-3,12,17H2,(H2-,32,34,35,37,38);1H. The Balaban J connectivity index is 0.00000353. The molecule has 198 valence electrons. The van der Waals surface area contributed by atoms with Gasteiger partial charge >= 0.3 is 0 Å². The molecule has 1 aliphatic carbocycles. The molecule has 0 saturated heterocycles. The number of halogens is 2. The van der Waals surface area contributed by atoms with Gasteiger partial charge in [-0.05, 0) is 60.9 Å². The van der Waals surface area contributed by atoms with Crippen LogP contribution in [0, 0.1) is 5.82 Å². The van der Waals surface area contributed by atoms with E-state index in [-0.39, 0.29) is 56.4 Å². The number of ketones is 2. The average Bonchev–Trinajstić information content (AvgIpc) is 2.91. The molecular weight excluding hydrogens is 567 g/mol. The van der Waals surface area contributed by atoms with E-state index in [9.17, 15) is 29.0 Å². The maximum atomic E-state index is 13.1. The van der Waals surface area contributed by atoms with E-state index in [0.717, 1.165) is 23.6 Å². The van der Waals surface area contributed by atoms with Crippen molar-refractivity contribution in [3.8, 4) is 11.5 Å². The lowest BCUT2D eigenvalue weighted by atomic mass is 9.82. The van der Waals surface area contributed by atoms with Crippen molar-refractivity contribution in [1.29, 1.82) is 0 Å². The van der Waals surface area contributed by atoms with E-state index in [2.05, 4.69) is 5.32 Å². The summed E-state index contributed by atoms with van der Waals surface area (Å²) < 4.78 is 15.1. The predicted molar refractivity (Wildman–Crippen MR) is 136 cm³/mol. The van der Waals surface area contributed by atoms with Gasteiger partial charge in [-0.1, -0.05) is 12.1 Å². The number of rotatable bonds is 7. The van der Waals surface area contributed by atoms with Crippen molar-refractivity contribution in [1.82, 2.24) is 5.32 Å². The van der Waals surface area contributed by atoms with Crippen LogP contribution in [0.2, 0.25) is 0 Å². The molecule has 3 aromatic carbocycles. The number of nitrogens with one attached hydrogen (secondary N) is 1. The molecule has 0 atom stereocenters. The largest absolute Gasteiger partial charge is 1.00 e. The van der Waals surface area contributed by atoms with Crippen LogP contribution in [0.1, 0.15) is 59.7 Å². The van der Waals surface area contributed by atoms with Gasteiger partial charge in [-0.25, -0.2) is 8.96 Å². The summed E-state index contributed by atoms with van der Waals surface area (Å²) in [5, 5.41) is 23.3. The number of carbonyl (C=O) groups is 3. The van der Waals surface area contributed by atoms with Crippen molar-refractivity contribution in [2.75, 3.05) is 6.54 Å². The third kappa shape index (κ3) is 5.73. The minimum Gasteiger partial charge on any atom is -1.00 e. The molecule has 39 heavy (non-hydrogen) atoms. The van der Waals surface area contributed by atoms with Crippen molar-refractivity contribution in [2.45, 2.75) is 19.4 Å². The van der Waals surface area contributed by atoms with E-state index >= 15 is 0 Å². The molecule has 0 spiro atoms. The smallest absolute Gasteiger partial charge is 0.251 e. The van der Waals surface area contributed by atoms with Gasteiger partial charge in [0.2, 0.25) is 5.78 Å². The molecule has 7 nitrogen and oxygen atoms in total. The van der Waals surface area contributed by atoms with Crippen molar-refractivity contribution >= 4 is 17.5 Å². The second kappa shape index (κ2) is 11.6. The second-order valence-corrected chi connectivity index (χ2v) is 9.14. The first-order chi connectivity index (χ1) is 18.3. The summed E-state index contributed by atoms with van der Waals surface area (Å²) in [5.41, 5.74) is 1.73. The number of carbonyl (C=O) groups excluding carboxylic acids is 3. The molecule has 1 amide bonds. The lowest BCUT2D eigenvalue weighted by molar-refractivity contribution is -0.688. The monoisotopic (exact) mass is 590 g/mol. The molecule has 1 aliphatic rings. The van der Waals surface area contributed by atoms with Crippen molar-refractivity contribution in [2.24, 2.45) is 0 Å². The summed E-state index contributed by atoms with van der Waals surface area (Å²) in [4.78, 5) is 38.6. The molecule has 3 N–H and O–H groups in total. The summed E-state index contributed by atoms with van der Waals surface area (Å²) in [7, 11) is 0. The van der Waals surface area contributed by atoms with E-state index in [1.54, 1.807) is 12.1 Å². The molecule has 1 heterocycles. The molecule has 0 fully saturated rings. The van der Waals surface area contributed by atoms with E-state index in [1.807, 2.05) is 29.1 Å². The third-order valence-corrected chi connectivity index (χ3v) is 6.53. The Morgan fingerprint density at radius 1 is 0.821 bits per heavy atom. The number of aromatic hydroxyl groups is 2. The van der Waals surface area contributed by atoms with Crippen LogP contribution in [0.15, 0.2) is 79.1 Å². The Kier molecular flexibility index (Phi) is 8.21. The van der Waals surface area contributed by atoms with Gasteiger partial charge < -0.3 is 32.5 Å². The van der Waals surface area contributed by atoms with Gasteiger partial charge in [0.25, 0.3) is 5.91 Å². The highest BCUT2D eigenvalue weighted by Crippen LogP contribution is 2.37. The van der Waals surface area contributed by atoms with Gasteiger partial charge in [0, 0.05) is 40.9 Å². The Hall–Kier alpha value is -4.37. The van der Waals surface area contributed by atoms with Crippen LogP contribution in [0.25, 0.3) is 0 Å². The minimum atomic E-state index is -0.668. The Labute approximate surface area is 234 Å². The molecule has 0 bridgehead atoms. The number of phenolic OH excluding ortho intramolecular Hbond substituents is 2. The van der Waals surface area contributed by atoms with Crippen LogP contribution in [0.3, 0.4) is 0 Å². The number of hydrogen-bond acceptors (Lipinski definition) is 5. The zero-order valence-corrected chi connectivity index (χ0v) is 22.2. The third-order valence-electron chi connectivity index (χ3n) is 6.53. The van der Waals surface area contributed by atoms with E-state index in [4.69, 9.17) is 0 Å². The van der Waals surface area contributed by atoms with Crippen LogP contribution < -0.4 is 26.9 Å². The SMILES string of the molecule is O=C(NCCCc1cc[n+](Cc2ccc(F)cc2)cc1)c1cc(O)c2c(c1)C(=O)c1cccc(O)c1C2=O.[Br-]. The Morgan fingerprint density at radius 3 is 2.23 bits per heavy atom. The van der Waals surface area contributed by atoms with Crippen LogP contribution >= 0.6 is 0 Å². The maximum absolute atomic E-state index is 13.1. The number of benzene rings is 3. The molecule has 0 saturated carbocycles. The number of amides is 1. The summed E-state index contributed by atoms with van der Waals surface area (Å²) in [6.45, 7) is 0.996. The van der Waals surface area contributed by atoms with Crippen molar-refractivity contribution < 1.29 is 50.5 Å². The van der Waals surface area contributed by atoms with E-state index in [1.165, 1.54) is 36.4 Å². The van der Waals surface area contributed by atoms with Gasteiger partial charge in [0.1, 0.15) is 17.3 Å². The first-order valence-corrected chi connectivity index (χ1v) is 12.1. The summed E-state index contributed by atoms with van der Waals surface area (Å²) in [6.07, 6.45) is 5.28. The van der Waals surface area contributed by atoms with Crippen molar-refractivity contribution in [3.63, 3.8) is 0 Å². The normalized spacial score (nSPS) is 11.8. The van der Waals surface area contributed by atoms with Crippen LogP contribution in [0.5, 0.6) is 11.5 Å².